The van der Waals surface area contributed by atoms with Gasteiger partial charge in [-0.15, -0.1) is 11.3 Å². The summed E-state index contributed by atoms with van der Waals surface area (Å²) >= 11 is 13.6. The molecule has 6 heteroatoms. The fourth-order valence-electron chi connectivity index (χ4n) is 2.74. The zero-order chi connectivity index (χ0) is 18.5. The molecule has 0 bridgehead atoms. The maximum Gasteiger partial charge on any atom is 0.256 e. The number of thiophene rings is 1. The first kappa shape index (κ1) is 18.9. The molecule has 1 unspecified atom stereocenters. The van der Waals surface area contributed by atoms with Gasteiger partial charge in [0.1, 0.15) is 5.15 Å². The number of nitrogens with zero attached hydrogens (tertiary/aromatic N) is 2. The summed E-state index contributed by atoms with van der Waals surface area (Å²) in [6.07, 6.45) is 2.28. The van der Waals surface area contributed by atoms with Gasteiger partial charge in [-0.25, -0.2) is 4.98 Å². The lowest BCUT2D eigenvalue weighted by molar-refractivity contribution is 0.0675. The number of hydrogen-bond acceptors (Lipinski definition) is 3. The minimum Gasteiger partial charge on any atom is -0.331 e. The van der Waals surface area contributed by atoms with Gasteiger partial charge in [0.15, 0.2) is 0 Å². The molecule has 2 heterocycles. The molecule has 2 aromatic heterocycles. The maximum atomic E-state index is 13.2. The van der Waals surface area contributed by atoms with E-state index in [2.05, 4.69) is 18.0 Å². The van der Waals surface area contributed by atoms with Crippen LogP contribution in [0.25, 0.3) is 0 Å². The van der Waals surface area contributed by atoms with Crippen molar-refractivity contribution in [3.05, 3.63) is 86.3 Å². The van der Waals surface area contributed by atoms with Gasteiger partial charge in [-0.05, 0) is 30.0 Å². The molecule has 0 N–H and O–H groups in total. The van der Waals surface area contributed by atoms with Crippen LogP contribution in [0.3, 0.4) is 0 Å². The first-order valence-corrected chi connectivity index (χ1v) is 9.86. The Morgan fingerprint density at radius 3 is 2.62 bits per heavy atom. The fraction of sp³-hybridized carbons (Fsp3) is 0.200. The number of carbonyl (C=O) groups is 1. The molecule has 3 aromatic rings. The Kier molecular flexibility index (Phi) is 6.30. The van der Waals surface area contributed by atoms with E-state index in [1.807, 2.05) is 46.7 Å². The molecular weight excluding hydrogens is 387 g/mol. The summed E-state index contributed by atoms with van der Waals surface area (Å²) in [7, 11) is 0. The molecule has 0 radical (unpaired) electrons. The highest BCUT2D eigenvalue weighted by molar-refractivity contribution is 7.09. The van der Waals surface area contributed by atoms with Crippen LogP contribution in [0, 0.1) is 0 Å². The average molecular weight is 405 g/mol. The number of rotatable bonds is 6. The first-order chi connectivity index (χ1) is 12.5. The van der Waals surface area contributed by atoms with E-state index in [1.54, 1.807) is 17.4 Å². The van der Waals surface area contributed by atoms with E-state index in [1.165, 1.54) is 11.1 Å². The minimum absolute atomic E-state index is 0.0239. The van der Waals surface area contributed by atoms with Crippen LogP contribution >= 0.6 is 34.5 Å². The largest absolute Gasteiger partial charge is 0.331 e. The normalized spacial score (nSPS) is 12.0. The Hall–Kier alpha value is -1.88. The van der Waals surface area contributed by atoms with E-state index in [0.717, 1.165) is 12.0 Å². The second-order valence-corrected chi connectivity index (χ2v) is 7.85. The van der Waals surface area contributed by atoms with E-state index >= 15 is 0 Å². The molecule has 3 rings (SSSR count). The molecule has 0 aliphatic carbocycles. The van der Waals surface area contributed by atoms with Gasteiger partial charge >= 0.3 is 0 Å². The highest BCUT2D eigenvalue weighted by Gasteiger charge is 2.23. The summed E-state index contributed by atoms with van der Waals surface area (Å²) in [4.78, 5) is 20.3. The van der Waals surface area contributed by atoms with Crippen molar-refractivity contribution in [3.8, 4) is 0 Å². The predicted octanol–water partition coefficient (Wildman–Crippen LogP) is 5.72. The lowest BCUT2D eigenvalue weighted by Crippen LogP contribution is -2.39. The summed E-state index contributed by atoms with van der Waals surface area (Å²) < 4.78 is 0. The number of amides is 1. The molecule has 1 amide bonds. The number of carbonyl (C=O) groups excluding carboxylic acids is 1. The van der Waals surface area contributed by atoms with Crippen molar-refractivity contribution in [2.24, 2.45) is 0 Å². The monoisotopic (exact) mass is 404 g/mol. The van der Waals surface area contributed by atoms with Gasteiger partial charge in [-0.3, -0.25) is 4.79 Å². The van der Waals surface area contributed by atoms with Gasteiger partial charge in [-0.1, -0.05) is 59.6 Å². The van der Waals surface area contributed by atoms with Crippen LogP contribution in [0.2, 0.25) is 10.2 Å². The number of aromatic nitrogens is 1. The van der Waals surface area contributed by atoms with Crippen LogP contribution in [0.15, 0.2) is 60.1 Å². The molecule has 3 nitrogen and oxygen atoms in total. The lowest BCUT2D eigenvalue weighted by atomic mass is 10.1. The van der Waals surface area contributed by atoms with E-state index in [0.29, 0.717) is 12.1 Å². The van der Waals surface area contributed by atoms with Crippen LogP contribution in [0.1, 0.15) is 27.7 Å². The predicted molar refractivity (Wildman–Crippen MR) is 108 cm³/mol. The van der Waals surface area contributed by atoms with Crippen LogP contribution < -0.4 is 0 Å². The molecule has 0 saturated heterocycles. The summed E-state index contributed by atoms with van der Waals surface area (Å²) in [6, 6.07) is 15.7. The Bertz CT molecular complexity index is 869. The van der Waals surface area contributed by atoms with E-state index in [9.17, 15) is 4.79 Å². The Labute approximate surface area is 167 Å². The Balaban J connectivity index is 1.87. The molecule has 1 atom stereocenters. The van der Waals surface area contributed by atoms with Crippen LogP contribution in [0.5, 0.6) is 0 Å². The summed E-state index contributed by atoms with van der Waals surface area (Å²) in [5.41, 5.74) is 1.51. The number of pyridine rings is 1. The van der Waals surface area contributed by atoms with Crippen molar-refractivity contribution >= 4 is 40.4 Å². The van der Waals surface area contributed by atoms with Gasteiger partial charge in [0.25, 0.3) is 5.91 Å². The lowest BCUT2D eigenvalue weighted by Gasteiger charge is -2.29. The van der Waals surface area contributed by atoms with Gasteiger partial charge in [0, 0.05) is 30.1 Å². The van der Waals surface area contributed by atoms with Crippen molar-refractivity contribution in [2.45, 2.75) is 25.9 Å². The molecule has 0 aliphatic heterocycles. The van der Waals surface area contributed by atoms with Crippen LogP contribution in [-0.2, 0) is 13.0 Å². The third kappa shape index (κ3) is 4.64. The zero-order valence-electron chi connectivity index (χ0n) is 14.2. The summed E-state index contributed by atoms with van der Waals surface area (Å²) in [5, 5.41) is 2.53. The van der Waals surface area contributed by atoms with Crippen LogP contribution in [-0.4, -0.2) is 21.8 Å². The molecule has 134 valence electrons. The van der Waals surface area contributed by atoms with Crippen molar-refractivity contribution in [1.29, 1.82) is 0 Å². The van der Waals surface area contributed by atoms with Gasteiger partial charge in [0.05, 0.1) is 10.6 Å². The first-order valence-electron chi connectivity index (χ1n) is 8.23. The Morgan fingerprint density at radius 2 is 1.96 bits per heavy atom. The molecule has 26 heavy (non-hydrogen) atoms. The standard InChI is InChI=1S/C20H18Cl2N2OS/c1-14(10-17-8-5-9-26-17)24(13-15-6-3-2-4-7-15)20(25)16-11-18(21)19(22)23-12-16/h2-9,11-12,14H,10,13H2,1H3. The van der Waals surface area contributed by atoms with Gasteiger partial charge in [0.2, 0.25) is 0 Å². The molecule has 0 saturated carbocycles. The smallest absolute Gasteiger partial charge is 0.256 e. The highest BCUT2D eigenvalue weighted by Crippen LogP contribution is 2.23. The topological polar surface area (TPSA) is 33.2 Å². The third-order valence-corrected chi connectivity index (χ3v) is 5.69. The molecule has 0 fully saturated rings. The Morgan fingerprint density at radius 1 is 1.19 bits per heavy atom. The van der Waals surface area contributed by atoms with Crippen molar-refractivity contribution in [1.82, 2.24) is 9.88 Å². The van der Waals surface area contributed by atoms with E-state index in [4.69, 9.17) is 23.2 Å². The fourth-order valence-corrected chi connectivity index (χ4v) is 3.84. The molecule has 0 spiro atoms. The average Bonchev–Trinajstić information content (AvgIpc) is 3.15. The number of benzene rings is 1. The van der Waals surface area contributed by atoms with Crippen LogP contribution in [0.4, 0.5) is 0 Å². The van der Waals surface area contributed by atoms with Gasteiger partial charge < -0.3 is 4.90 Å². The molecular formula is C20H18Cl2N2OS. The van der Waals surface area contributed by atoms with E-state index < -0.39 is 0 Å². The number of hydrogen-bond donors (Lipinski definition) is 0. The van der Waals surface area contributed by atoms with Gasteiger partial charge in [-0.2, -0.15) is 0 Å². The van der Waals surface area contributed by atoms with Crippen molar-refractivity contribution < 1.29 is 4.79 Å². The zero-order valence-corrected chi connectivity index (χ0v) is 16.6. The summed E-state index contributed by atoms with van der Waals surface area (Å²) in [6.45, 7) is 2.58. The maximum absolute atomic E-state index is 13.2. The van der Waals surface area contributed by atoms with Crippen molar-refractivity contribution in [3.63, 3.8) is 0 Å². The molecule has 0 aliphatic rings. The quantitative estimate of drug-likeness (QED) is 0.491. The molecule has 1 aromatic carbocycles. The van der Waals surface area contributed by atoms with Crippen molar-refractivity contribution in [2.75, 3.05) is 0 Å². The second kappa shape index (κ2) is 8.67. The minimum atomic E-state index is -0.107. The highest BCUT2D eigenvalue weighted by atomic mass is 35.5. The third-order valence-electron chi connectivity index (χ3n) is 4.11. The SMILES string of the molecule is CC(Cc1cccs1)N(Cc1ccccc1)C(=O)c1cnc(Cl)c(Cl)c1. The second-order valence-electron chi connectivity index (χ2n) is 6.05. The van der Waals surface area contributed by atoms with E-state index in [-0.39, 0.29) is 22.1 Å². The number of halogens is 2. The summed E-state index contributed by atoms with van der Waals surface area (Å²) in [5.74, 6) is -0.107.